The lowest BCUT2D eigenvalue weighted by atomic mass is 9.97. The summed E-state index contributed by atoms with van der Waals surface area (Å²) in [6.45, 7) is 8.04. The average Bonchev–Trinajstić information content (AvgIpc) is 2.49. The highest BCUT2D eigenvalue weighted by Gasteiger charge is 2.47. The number of benzene rings is 1. The van der Waals surface area contributed by atoms with E-state index in [4.69, 9.17) is 9.47 Å². The van der Waals surface area contributed by atoms with Crippen molar-refractivity contribution in [2.24, 2.45) is 0 Å². The van der Waals surface area contributed by atoms with E-state index in [0.29, 0.717) is 11.1 Å². The second kappa shape index (κ2) is 5.06. The molecule has 0 aromatic heterocycles. The van der Waals surface area contributed by atoms with Crippen molar-refractivity contribution in [2.45, 2.75) is 56.8 Å². The molecule has 1 aromatic carbocycles. The van der Waals surface area contributed by atoms with Gasteiger partial charge in [-0.15, -0.1) is 0 Å². The molecule has 1 unspecified atom stereocenters. The number of hydrogen-bond donors (Lipinski definition) is 0. The molecule has 0 saturated carbocycles. The first kappa shape index (κ1) is 14.8. The molecule has 2 rings (SSSR count). The van der Waals surface area contributed by atoms with Gasteiger partial charge in [-0.3, -0.25) is 0 Å². The zero-order valence-corrected chi connectivity index (χ0v) is 13.4. The molecule has 1 atom stereocenters. The zero-order chi connectivity index (χ0) is 14.3. The topological polar surface area (TPSA) is 18.5 Å². The van der Waals surface area contributed by atoms with Gasteiger partial charge >= 0.3 is 0 Å². The molecule has 2 nitrogen and oxygen atoms in total. The molecule has 0 radical (unpaired) electrons. The summed E-state index contributed by atoms with van der Waals surface area (Å²) in [7, 11) is 0. The summed E-state index contributed by atoms with van der Waals surface area (Å²) in [6, 6.07) is 4.98. The number of ether oxygens (including phenoxy) is 2. The van der Waals surface area contributed by atoms with Crippen molar-refractivity contribution in [1.82, 2.24) is 0 Å². The maximum Gasteiger partial charge on any atom is 0.165 e. The van der Waals surface area contributed by atoms with Gasteiger partial charge in [0.2, 0.25) is 0 Å². The quantitative estimate of drug-likeness (QED) is 0.762. The molecule has 1 fully saturated rings. The standard InChI is InChI=1S/C15H20BrFO2/c1-14(2)8-12(15(3,4)19-14)18-13-10(9-16)6-5-7-11(13)17/h5-7,12H,8-9H2,1-4H3. The molecule has 0 bridgehead atoms. The summed E-state index contributed by atoms with van der Waals surface area (Å²) in [5.41, 5.74) is 0.157. The van der Waals surface area contributed by atoms with Crippen LogP contribution in [-0.4, -0.2) is 17.3 Å². The van der Waals surface area contributed by atoms with E-state index in [-0.39, 0.29) is 17.5 Å². The van der Waals surface area contributed by atoms with E-state index in [2.05, 4.69) is 15.9 Å². The number of hydrogen-bond acceptors (Lipinski definition) is 2. The second-order valence-electron chi connectivity index (χ2n) is 6.14. The molecule has 19 heavy (non-hydrogen) atoms. The molecule has 0 spiro atoms. The van der Waals surface area contributed by atoms with Gasteiger partial charge in [-0.25, -0.2) is 4.39 Å². The van der Waals surface area contributed by atoms with Gasteiger partial charge in [-0.05, 0) is 33.8 Å². The van der Waals surface area contributed by atoms with Crippen molar-refractivity contribution in [3.8, 4) is 5.75 Å². The number of halogens is 2. The normalized spacial score (nSPS) is 24.4. The van der Waals surface area contributed by atoms with Crippen molar-refractivity contribution in [2.75, 3.05) is 0 Å². The van der Waals surface area contributed by atoms with E-state index in [1.54, 1.807) is 6.07 Å². The molecule has 1 heterocycles. The molecule has 0 amide bonds. The minimum atomic E-state index is -0.421. The smallest absolute Gasteiger partial charge is 0.165 e. The lowest BCUT2D eigenvalue weighted by molar-refractivity contribution is -0.0849. The number of rotatable bonds is 3. The second-order valence-corrected chi connectivity index (χ2v) is 6.70. The molecule has 106 valence electrons. The van der Waals surface area contributed by atoms with E-state index >= 15 is 0 Å². The van der Waals surface area contributed by atoms with Crippen LogP contribution in [0.2, 0.25) is 0 Å². The molecular formula is C15H20BrFO2. The van der Waals surface area contributed by atoms with Gasteiger partial charge in [0.1, 0.15) is 11.7 Å². The van der Waals surface area contributed by atoms with Crippen LogP contribution in [-0.2, 0) is 10.1 Å². The summed E-state index contributed by atoms with van der Waals surface area (Å²) in [6.07, 6.45) is 0.591. The predicted molar refractivity (Wildman–Crippen MR) is 77.3 cm³/mol. The highest BCUT2D eigenvalue weighted by Crippen LogP contribution is 2.40. The van der Waals surface area contributed by atoms with Crippen LogP contribution < -0.4 is 4.74 Å². The maximum atomic E-state index is 13.9. The summed E-state index contributed by atoms with van der Waals surface area (Å²) >= 11 is 3.36. The molecule has 1 saturated heterocycles. The highest BCUT2D eigenvalue weighted by atomic mass is 79.9. The first-order valence-electron chi connectivity index (χ1n) is 6.45. The van der Waals surface area contributed by atoms with Gasteiger partial charge in [-0.1, -0.05) is 28.1 Å². The number of para-hydroxylation sites is 1. The molecule has 1 aliphatic heterocycles. The third-order valence-electron chi connectivity index (χ3n) is 3.44. The van der Waals surface area contributed by atoms with Crippen molar-refractivity contribution < 1.29 is 13.9 Å². The summed E-state index contributed by atoms with van der Waals surface area (Å²) < 4.78 is 25.9. The Kier molecular flexibility index (Phi) is 3.94. The predicted octanol–water partition coefficient (Wildman–Crippen LogP) is 4.45. The van der Waals surface area contributed by atoms with Gasteiger partial charge in [0.05, 0.1) is 5.60 Å². The van der Waals surface area contributed by atoms with Crippen LogP contribution in [0.1, 0.15) is 39.7 Å². The Morgan fingerprint density at radius 2 is 2.05 bits per heavy atom. The van der Waals surface area contributed by atoms with Crippen molar-refractivity contribution in [3.63, 3.8) is 0 Å². The average molecular weight is 331 g/mol. The Balaban J connectivity index is 2.27. The van der Waals surface area contributed by atoms with Crippen LogP contribution in [0.5, 0.6) is 5.75 Å². The Labute approximate surface area is 122 Å². The minimum absolute atomic E-state index is 0.155. The van der Waals surface area contributed by atoms with Gasteiger partial charge in [0, 0.05) is 17.3 Å². The van der Waals surface area contributed by atoms with Crippen LogP contribution in [0.3, 0.4) is 0 Å². The Morgan fingerprint density at radius 3 is 2.58 bits per heavy atom. The molecule has 0 N–H and O–H groups in total. The van der Waals surface area contributed by atoms with Crippen LogP contribution in [0.15, 0.2) is 18.2 Å². The molecular weight excluding hydrogens is 311 g/mol. The monoisotopic (exact) mass is 330 g/mol. The van der Waals surface area contributed by atoms with Crippen LogP contribution in [0.25, 0.3) is 0 Å². The van der Waals surface area contributed by atoms with Crippen LogP contribution in [0.4, 0.5) is 4.39 Å². The van der Waals surface area contributed by atoms with Crippen molar-refractivity contribution in [1.29, 1.82) is 0 Å². The third kappa shape index (κ3) is 3.11. The van der Waals surface area contributed by atoms with Crippen LogP contribution in [0, 0.1) is 5.82 Å². The van der Waals surface area contributed by atoms with Crippen molar-refractivity contribution in [3.05, 3.63) is 29.6 Å². The van der Waals surface area contributed by atoms with Gasteiger partial charge < -0.3 is 9.47 Å². The van der Waals surface area contributed by atoms with E-state index in [1.807, 2.05) is 33.8 Å². The van der Waals surface area contributed by atoms with Gasteiger partial charge in [-0.2, -0.15) is 0 Å². The van der Waals surface area contributed by atoms with E-state index in [1.165, 1.54) is 6.07 Å². The summed E-state index contributed by atoms with van der Waals surface area (Å²) in [4.78, 5) is 0. The van der Waals surface area contributed by atoms with Gasteiger partial charge in [0.25, 0.3) is 0 Å². The first-order valence-corrected chi connectivity index (χ1v) is 7.57. The summed E-state index contributed by atoms with van der Waals surface area (Å²) in [5.74, 6) is 0.0104. The zero-order valence-electron chi connectivity index (χ0n) is 11.8. The molecule has 0 aliphatic carbocycles. The van der Waals surface area contributed by atoms with E-state index < -0.39 is 5.60 Å². The fourth-order valence-electron chi connectivity index (χ4n) is 2.63. The highest BCUT2D eigenvalue weighted by molar-refractivity contribution is 9.08. The largest absolute Gasteiger partial charge is 0.484 e. The van der Waals surface area contributed by atoms with E-state index in [0.717, 1.165) is 12.0 Å². The molecule has 4 heteroatoms. The first-order chi connectivity index (χ1) is 8.75. The molecule has 1 aliphatic rings. The van der Waals surface area contributed by atoms with E-state index in [9.17, 15) is 4.39 Å². The SMILES string of the molecule is CC1(C)CC(Oc2c(F)cccc2CBr)C(C)(C)O1. The Bertz CT molecular complexity index is 471. The lowest BCUT2D eigenvalue weighted by Gasteiger charge is -2.28. The van der Waals surface area contributed by atoms with Crippen LogP contribution >= 0.6 is 15.9 Å². The maximum absolute atomic E-state index is 13.9. The fourth-order valence-corrected chi connectivity index (χ4v) is 3.07. The fraction of sp³-hybridized carbons (Fsp3) is 0.600. The summed E-state index contributed by atoms with van der Waals surface area (Å²) in [5, 5.41) is 0.567. The third-order valence-corrected chi connectivity index (χ3v) is 4.05. The van der Waals surface area contributed by atoms with Crippen molar-refractivity contribution >= 4 is 15.9 Å². The van der Waals surface area contributed by atoms with Gasteiger partial charge in [0.15, 0.2) is 11.6 Å². The lowest BCUT2D eigenvalue weighted by Crippen LogP contribution is -2.37. The number of alkyl halides is 1. The molecule has 1 aromatic rings. The Morgan fingerprint density at radius 1 is 1.37 bits per heavy atom. The Hall–Kier alpha value is -0.610. The minimum Gasteiger partial charge on any atom is -0.484 e.